The molecule has 1 aromatic heterocycles. The summed E-state index contributed by atoms with van der Waals surface area (Å²) in [5.74, 6) is 2.44. The molecule has 1 unspecified atom stereocenters. The third-order valence-electron chi connectivity index (χ3n) is 3.13. The first-order valence-electron chi connectivity index (χ1n) is 6.04. The molecule has 3 N–H and O–H groups in total. The Kier molecular flexibility index (Phi) is 2.65. The van der Waals surface area contributed by atoms with Gasteiger partial charge in [-0.3, -0.25) is 5.10 Å². The molecule has 0 saturated heterocycles. The van der Waals surface area contributed by atoms with E-state index in [1.165, 1.54) is 12.8 Å². The van der Waals surface area contributed by atoms with Crippen molar-refractivity contribution in [2.45, 2.75) is 31.2 Å². The largest absolute Gasteiger partial charge is 0.324 e. The minimum absolute atomic E-state index is 0.0174. The normalized spacial score (nSPS) is 17.0. The molecule has 1 fully saturated rings. The minimum Gasteiger partial charge on any atom is -0.324 e. The fourth-order valence-corrected chi connectivity index (χ4v) is 1.95. The Balaban J connectivity index is 1.69. The number of hydrogen-bond acceptors (Lipinski definition) is 3. The maximum Gasteiger partial charge on any atom is 0.153 e. The molecule has 1 saturated carbocycles. The molecule has 4 nitrogen and oxygen atoms in total. The number of nitrogens with zero attached hydrogens (tertiary/aromatic N) is 2. The lowest BCUT2D eigenvalue weighted by molar-refractivity contribution is 0.689. The monoisotopic (exact) mass is 228 g/mol. The number of H-pyrrole nitrogens is 1. The van der Waals surface area contributed by atoms with Gasteiger partial charge in [-0.2, -0.15) is 5.10 Å². The lowest BCUT2D eigenvalue weighted by Gasteiger charge is -2.09. The maximum atomic E-state index is 6.14. The van der Waals surface area contributed by atoms with Crippen LogP contribution in [0.3, 0.4) is 0 Å². The molecule has 0 radical (unpaired) electrons. The van der Waals surface area contributed by atoms with Gasteiger partial charge in [-0.15, -0.1) is 0 Å². The highest BCUT2D eigenvalue weighted by Gasteiger charge is 2.27. The lowest BCUT2D eigenvalue weighted by atomic mass is 10.0. The minimum atomic E-state index is -0.0174. The molecule has 0 amide bonds. The first kappa shape index (κ1) is 10.5. The van der Waals surface area contributed by atoms with Crippen molar-refractivity contribution in [3.63, 3.8) is 0 Å². The SMILES string of the molecule is NC(Cc1nc(C2CC2)n[nH]1)c1ccccc1. The van der Waals surface area contributed by atoms with Crippen LogP contribution in [0, 0.1) is 0 Å². The summed E-state index contributed by atoms with van der Waals surface area (Å²) in [4.78, 5) is 4.49. The van der Waals surface area contributed by atoms with Gasteiger partial charge in [0.05, 0.1) is 0 Å². The molecular formula is C13H16N4. The maximum absolute atomic E-state index is 6.14. The zero-order chi connectivity index (χ0) is 11.7. The number of aromatic nitrogens is 3. The number of rotatable bonds is 4. The van der Waals surface area contributed by atoms with Crippen molar-refractivity contribution in [1.82, 2.24) is 15.2 Å². The second-order valence-corrected chi connectivity index (χ2v) is 4.64. The van der Waals surface area contributed by atoms with Crippen LogP contribution in [0.4, 0.5) is 0 Å². The Morgan fingerprint density at radius 1 is 1.29 bits per heavy atom. The number of benzene rings is 1. The van der Waals surface area contributed by atoms with Gasteiger partial charge in [-0.25, -0.2) is 4.98 Å². The van der Waals surface area contributed by atoms with Gasteiger partial charge in [0, 0.05) is 18.4 Å². The van der Waals surface area contributed by atoms with E-state index in [-0.39, 0.29) is 6.04 Å². The highest BCUT2D eigenvalue weighted by molar-refractivity contribution is 5.19. The van der Waals surface area contributed by atoms with Gasteiger partial charge in [0.15, 0.2) is 5.82 Å². The molecule has 17 heavy (non-hydrogen) atoms. The average molecular weight is 228 g/mol. The summed E-state index contributed by atoms with van der Waals surface area (Å²) in [5, 5.41) is 7.22. The molecule has 4 heteroatoms. The number of nitrogens with one attached hydrogen (secondary N) is 1. The molecule has 0 bridgehead atoms. The van der Waals surface area contributed by atoms with Crippen LogP contribution in [0.5, 0.6) is 0 Å². The first-order chi connectivity index (χ1) is 8.33. The van der Waals surface area contributed by atoms with Crippen molar-refractivity contribution < 1.29 is 0 Å². The van der Waals surface area contributed by atoms with Crippen LogP contribution in [0.1, 0.15) is 42.0 Å². The van der Waals surface area contributed by atoms with Gasteiger partial charge in [0.2, 0.25) is 0 Å². The van der Waals surface area contributed by atoms with Crippen LogP contribution in [0.25, 0.3) is 0 Å². The second kappa shape index (κ2) is 4.30. The Labute approximate surface area is 100 Å². The molecule has 1 heterocycles. The topological polar surface area (TPSA) is 67.6 Å². The highest BCUT2D eigenvalue weighted by Crippen LogP contribution is 2.37. The molecule has 1 aromatic carbocycles. The van der Waals surface area contributed by atoms with E-state index in [1.54, 1.807) is 0 Å². The predicted molar refractivity (Wildman–Crippen MR) is 65.4 cm³/mol. The van der Waals surface area contributed by atoms with Crippen LogP contribution in [0.15, 0.2) is 30.3 Å². The van der Waals surface area contributed by atoms with E-state index in [2.05, 4.69) is 15.2 Å². The number of nitrogens with two attached hydrogens (primary N) is 1. The smallest absolute Gasteiger partial charge is 0.153 e. The van der Waals surface area contributed by atoms with Crippen LogP contribution in [0.2, 0.25) is 0 Å². The summed E-state index contributed by atoms with van der Waals surface area (Å²) in [6, 6.07) is 10.1. The molecular weight excluding hydrogens is 212 g/mol. The summed E-state index contributed by atoms with van der Waals surface area (Å²) in [7, 11) is 0. The lowest BCUT2D eigenvalue weighted by Crippen LogP contribution is -2.14. The summed E-state index contributed by atoms with van der Waals surface area (Å²) in [6.45, 7) is 0. The molecule has 1 atom stereocenters. The van der Waals surface area contributed by atoms with Gasteiger partial charge in [-0.05, 0) is 18.4 Å². The van der Waals surface area contributed by atoms with E-state index in [4.69, 9.17) is 5.73 Å². The first-order valence-corrected chi connectivity index (χ1v) is 6.04. The second-order valence-electron chi connectivity index (χ2n) is 4.64. The third kappa shape index (κ3) is 2.36. The zero-order valence-corrected chi connectivity index (χ0v) is 9.63. The van der Waals surface area contributed by atoms with Crippen LogP contribution in [-0.2, 0) is 6.42 Å². The quantitative estimate of drug-likeness (QED) is 0.840. The molecule has 0 aliphatic heterocycles. The van der Waals surface area contributed by atoms with E-state index in [0.717, 1.165) is 17.2 Å². The van der Waals surface area contributed by atoms with Crippen molar-refractivity contribution in [1.29, 1.82) is 0 Å². The average Bonchev–Trinajstić information content (AvgIpc) is 3.12. The van der Waals surface area contributed by atoms with E-state index < -0.39 is 0 Å². The Morgan fingerprint density at radius 2 is 2.06 bits per heavy atom. The van der Waals surface area contributed by atoms with Crippen molar-refractivity contribution >= 4 is 0 Å². The van der Waals surface area contributed by atoms with Gasteiger partial charge < -0.3 is 5.73 Å². The fourth-order valence-electron chi connectivity index (χ4n) is 1.95. The van der Waals surface area contributed by atoms with E-state index >= 15 is 0 Å². The van der Waals surface area contributed by atoms with Crippen molar-refractivity contribution in [2.24, 2.45) is 5.73 Å². The molecule has 0 spiro atoms. The predicted octanol–water partition coefficient (Wildman–Crippen LogP) is 1.92. The third-order valence-corrected chi connectivity index (χ3v) is 3.13. The summed E-state index contributed by atoms with van der Waals surface area (Å²) < 4.78 is 0. The van der Waals surface area contributed by atoms with E-state index in [0.29, 0.717) is 12.3 Å². The van der Waals surface area contributed by atoms with Gasteiger partial charge >= 0.3 is 0 Å². The van der Waals surface area contributed by atoms with Crippen molar-refractivity contribution in [3.05, 3.63) is 47.5 Å². The Bertz CT molecular complexity index is 487. The van der Waals surface area contributed by atoms with Crippen LogP contribution >= 0.6 is 0 Å². The highest BCUT2D eigenvalue weighted by atomic mass is 15.2. The summed E-state index contributed by atoms with van der Waals surface area (Å²) in [6.07, 6.45) is 3.16. The Hall–Kier alpha value is -1.68. The van der Waals surface area contributed by atoms with Gasteiger partial charge in [0.25, 0.3) is 0 Å². The molecule has 2 aromatic rings. The zero-order valence-electron chi connectivity index (χ0n) is 9.63. The van der Waals surface area contributed by atoms with Crippen LogP contribution < -0.4 is 5.73 Å². The van der Waals surface area contributed by atoms with Crippen molar-refractivity contribution in [3.8, 4) is 0 Å². The molecule has 88 valence electrons. The molecule has 1 aliphatic carbocycles. The van der Waals surface area contributed by atoms with Gasteiger partial charge in [0.1, 0.15) is 5.82 Å². The molecule has 3 rings (SSSR count). The number of aromatic amines is 1. The van der Waals surface area contributed by atoms with Crippen molar-refractivity contribution in [2.75, 3.05) is 0 Å². The summed E-state index contributed by atoms with van der Waals surface area (Å²) >= 11 is 0. The summed E-state index contributed by atoms with van der Waals surface area (Å²) in [5.41, 5.74) is 7.28. The molecule has 1 aliphatic rings. The van der Waals surface area contributed by atoms with E-state index in [9.17, 15) is 0 Å². The van der Waals surface area contributed by atoms with Gasteiger partial charge in [-0.1, -0.05) is 30.3 Å². The fraction of sp³-hybridized carbons (Fsp3) is 0.385. The number of hydrogen-bond donors (Lipinski definition) is 2. The van der Waals surface area contributed by atoms with Crippen LogP contribution in [-0.4, -0.2) is 15.2 Å². The van der Waals surface area contributed by atoms with E-state index in [1.807, 2.05) is 30.3 Å². The Morgan fingerprint density at radius 3 is 2.76 bits per heavy atom. The standard InChI is InChI=1S/C13H16N4/c14-11(9-4-2-1-3-5-9)8-12-15-13(17-16-12)10-6-7-10/h1-5,10-11H,6-8,14H2,(H,15,16,17).